The SMILES string of the molecule is CCCCC.CCCCCS(N)(=O)=O. The molecule has 0 rings (SSSR count). The number of unbranched alkanes of at least 4 members (excludes halogenated alkanes) is 4. The second kappa shape index (κ2) is 11.0. The minimum absolute atomic E-state index is 0.126. The molecule has 0 bridgehead atoms. The van der Waals surface area contributed by atoms with Crippen LogP contribution < -0.4 is 5.14 Å². The van der Waals surface area contributed by atoms with Crippen molar-refractivity contribution in [3.8, 4) is 0 Å². The molecule has 0 aliphatic rings. The highest BCUT2D eigenvalue weighted by molar-refractivity contribution is 7.89. The molecule has 0 unspecified atom stereocenters. The molecule has 0 aliphatic carbocycles. The number of rotatable bonds is 6. The van der Waals surface area contributed by atoms with Gasteiger partial charge in [-0.15, -0.1) is 0 Å². The molecule has 3 nitrogen and oxygen atoms in total. The first-order valence-electron chi connectivity index (χ1n) is 5.48. The van der Waals surface area contributed by atoms with Crippen molar-refractivity contribution < 1.29 is 8.42 Å². The highest BCUT2D eigenvalue weighted by Gasteiger charge is 1.99. The van der Waals surface area contributed by atoms with Gasteiger partial charge in [-0.05, 0) is 6.42 Å². The Morgan fingerprint density at radius 1 is 0.857 bits per heavy atom. The number of hydrogen-bond donors (Lipinski definition) is 1. The van der Waals surface area contributed by atoms with Crippen LogP contribution in [0.5, 0.6) is 0 Å². The summed E-state index contributed by atoms with van der Waals surface area (Å²) in [7, 11) is -3.20. The second-order valence-corrected chi connectivity index (χ2v) is 5.16. The average molecular weight is 223 g/mol. The molecule has 0 heterocycles. The maximum atomic E-state index is 10.3. The van der Waals surface area contributed by atoms with Crippen LogP contribution in [0, 0.1) is 0 Å². The highest BCUT2D eigenvalue weighted by atomic mass is 32.2. The van der Waals surface area contributed by atoms with Crippen LogP contribution in [0.3, 0.4) is 0 Å². The quantitative estimate of drug-likeness (QED) is 0.704. The van der Waals surface area contributed by atoms with Gasteiger partial charge >= 0.3 is 0 Å². The summed E-state index contributed by atoms with van der Waals surface area (Å²) in [5.41, 5.74) is 0. The number of hydrogen-bond acceptors (Lipinski definition) is 2. The highest BCUT2D eigenvalue weighted by Crippen LogP contribution is 1.94. The van der Waals surface area contributed by atoms with Crippen LogP contribution >= 0.6 is 0 Å². The zero-order valence-electron chi connectivity index (χ0n) is 9.75. The van der Waals surface area contributed by atoms with E-state index in [2.05, 4.69) is 13.8 Å². The smallest absolute Gasteiger partial charge is 0.209 e. The zero-order chi connectivity index (χ0) is 11.4. The predicted octanol–water partition coefficient (Wildman–Crippen LogP) is 2.66. The standard InChI is InChI=1S/C5H13NO2S.C5H12/c1-2-3-4-5-9(6,7)8;1-3-5-4-2/h2-5H2,1H3,(H2,6,7,8);3-5H2,1-2H3. The van der Waals surface area contributed by atoms with Crippen molar-refractivity contribution in [2.75, 3.05) is 5.75 Å². The van der Waals surface area contributed by atoms with Gasteiger partial charge in [0, 0.05) is 0 Å². The Bertz CT molecular complexity index is 186. The van der Waals surface area contributed by atoms with E-state index in [1.165, 1.54) is 19.3 Å². The minimum Gasteiger partial charge on any atom is -0.229 e. The van der Waals surface area contributed by atoms with Crippen molar-refractivity contribution in [3.63, 3.8) is 0 Å². The van der Waals surface area contributed by atoms with Crippen molar-refractivity contribution in [1.29, 1.82) is 0 Å². The van der Waals surface area contributed by atoms with E-state index >= 15 is 0 Å². The van der Waals surface area contributed by atoms with Crippen LogP contribution in [-0.4, -0.2) is 14.2 Å². The van der Waals surface area contributed by atoms with Crippen LogP contribution in [0.1, 0.15) is 59.3 Å². The van der Waals surface area contributed by atoms with Crippen LogP contribution in [0.25, 0.3) is 0 Å². The topological polar surface area (TPSA) is 60.2 Å². The molecule has 0 saturated carbocycles. The van der Waals surface area contributed by atoms with E-state index in [1.54, 1.807) is 0 Å². The van der Waals surface area contributed by atoms with Gasteiger partial charge in [0.05, 0.1) is 5.75 Å². The lowest BCUT2D eigenvalue weighted by atomic mass is 10.3. The average Bonchev–Trinajstić information content (AvgIpc) is 2.05. The summed E-state index contributed by atoms with van der Waals surface area (Å²) in [6.45, 7) is 6.44. The second-order valence-electron chi connectivity index (χ2n) is 3.43. The van der Waals surface area contributed by atoms with Crippen molar-refractivity contribution >= 4 is 10.0 Å². The molecule has 0 aromatic rings. The summed E-state index contributed by atoms with van der Waals surface area (Å²) < 4.78 is 20.6. The molecule has 0 aromatic carbocycles. The summed E-state index contributed by atoms with van der Waals surface area (Å²) in [5.74, 6) is 0.126. The first-order chi connectivity index (χ1) is 6.47. The van der Waals surface area contributed by atoms with Gasteiger partial charge in [-0.1, -0.05) is 52.9 Å². The van der Waals surface area contributed by atoms with E-state index in [0.29, 0.717) is 6.42 Å². The van der Waals surface area contributed by atoms with E-state index in [-0.39, 0.29) is 5.75 Å². The number of sulfonamides is 1. The Balaban J connectivity index is 0. The Labute approximate surface area is 89.1 Å². The lowest BCUT2D eigenvalue weighted by Crippen LogP contribution is -2.16. The molecule has 0 fully saturated rings. The molecule has 0 amide bonds. The van der Waals surface area contributed by atoms with Crippen molar-refractivity contribution in [3.05, 3.63) is 0 Å². The molecular formula is C10H25NO2S. The van der Waals surface area contributed by atoms with Gasteiger partial charge in [-0.2, -0.15) is 0 Å². The molecular weight excluding hydrogens is 198 g/mol. The molecule has 88 valence electrons. The summed E-state index contributed by atoms with van der Waals surface area (Å²) in [6, 6.07) is 0. The van der Waals surface area contributed by atoms with Gasteiger partial charge in [0.2, 0.25) is 10.0 Å². The molecule has 0 spiro atoms. The number of primary sulfonamides is 1. The lowest BCUT2D eigenvalue weighted by Gasteiger charge is -1.94. The zero-order valence-corrected chi connectivity index (χ0v) is 10.6. The van der Waals surface area contributed by atoms with Crippen molar-refractivity contribution in [1.82, 2.24) is 0 Å². The summed E-state index contributed by atoms with van der Waals surface area (Å²) in [5, 5.41) is 4.75. The molecule has 4 heteroatoms. The van der Waals surface area contributed by atoms with Gasteiger partial charge in [0.15, 0.2) is 0 Å². The molecule has 0 saturated heterocycles. The third-order valence-electron chi connectivity index (χ3n) is 1.74. The molecule has 0 radical (unpaired) electrons. The molecule has 14 heavy (non-hydrogen) atoms. The van der Waals surface area contributed by atoms with Crippen LogP contribution in [0.4, 0.5) is 0 Å². The van der Waals surface area contributed by atoms with Crippen molar-refractivity contribution in [2.24, 2.45) is 5.14 Å². The van der Waals surface area contributed by atoms with Gasteiger partial charge in [-0.3, -0.25) is 0 Å². The maximum Gasteiger partial charge on any atom is 0.209 e. The third-order valence-corrected chi connectivity index (χ3v) is 2.60. The monoisotopic (exact) mass is 223 g/mol. The fourth-order valence-corrected chi connectivity index (χ4v) is 1.51. The first-order valence-corrected chi connectivity index (χ1v) is 7.19. The van der Waals surface area contributed by atoms with E-state index < -0.39 is 10.0 Å². The maximum absolute atomic E-state index is 10.3. The largest absolute Gasteiger partial charge is 0.229 e. The van der Waals surface area contributed by atoms with Gasteiger partial charge in [0.25, 0.3) is 0 Å². The summed E-state index contributed by atoms with van der Waals surface area (Å²) in [4.78, 5) is 0. The lowest BCUT2D eigenvalue weighted by molar-refractivity contribution is 0.592. The van der Waals surface area contributed by atoms with E-state index in [0.717, 1.165) is 12.8 Å². The number of nitrogens with two attached hydrogens (primary N) is 1. The van der Waals surface area contributed by atoms with Gasteiger partial charge in [-0.25, -0.2) is 13.6 Å². The van der Waals surface area contributed by atoms with Crippen LogP contribution in [0.15, 0.2) is 0 Å². The minimum atomic E-state index is -3.20. The van der Waals surface area contributed by atoms with Gasteiger partial charge in [0.1, 0.15) is 0 Å². The Morgan fingerprint density at radius 3 is 1.50 bits per heavy atom. The van der Waals surface area contributed by atoms with E-state index in [1.807, 2.05) is 6.92 Å². The van der Waals surface area contributed by atoms with E-state index in [4.69, 9.17) is 5.14 Å². The van der Waals surface area contributed by atoms with Gasteiger partial charge < -0.3 is 0 Å². The third kappa shape index (κ3) is 22.7. The predicted molar refractivity (Wildman–Crippen MR) is 62.7 cm³/mol. The fourth-order valence-electron chi connectivity index (χ4n) is 0.907. The van der Waals surface area contributed by atoms with Crippen molar-refractivity contribution in [2.45, 2.75) is 59.3 Å². The Morgan fingerprint density at radius 2 is 1.29 bits per heavy atom. The first kappa shape index (κ1) is 16.3. The Kier molecular flexibility index (Phi) is 12.8. The normalized spacial score (nSPS) is 10.6. The Hall–Kier alpha value is -0.0900. The molecule has 2 N–H and O–H groups in total. The summed E-state index contributed by atoms with van der Waals surface area (Å²) in [6.07, 6.45) is 6.73. The van der Waals surface area contributed by atoms with Crippen LogP contribution in [0.2, 0.25) is 0 Å². The van der Waals surface area contributed by atoms with Crippen LogP contribution in [-0.2, 0) is 10.0 Å². The van der Waals surface area contributed by atoms with E-state index in [9.17, 15) is 8.42 Å². The molecule has 0 aromatic heterocycles. The fraction of sp³-hybridized carbons (Fsp3) is 1.00. The summed E-state index contributed by atoms with van der Waals surface area (Å²) >= 11 is 0. The molecule has 0 atom stereocenters. The molecule has 0 aliphatic heterocycles.